The second kappa shape index (κ2) is 5.74. The largest absolute Gasteiger partial charge is 0.422 e. The molecule has 7 heteroatoms. The molecule has 2 fully saturated rings. The maximum atomic E-state index is 11.3. The van der Waals surface area contributed by atoms with Crippen molar-refractivity contribution in [3.05, 3.63) is 28.0 Å². The molecule has 0 N–H and O–H groups in total. The average molecular weight is 335 g/mol. The molecule has 1 spiro atoms. The first-order valence-corrected chi connectivity index (χ1v) is 8.62. The Morgan fingerprint density at radius 2 is 2.09 bits per heavy atom. The highest BCUT2D eigenvalue weighted by Crippen LogP contribution is 2.34. The lowest BCUT2D eigenvalue weighted by Crippen LogP contribution is -2.52. The molecule has 1 aromatic heterocycles. The number of rotatable bonds is 2. The fraction of sp³-hybridized carbons (Fsp3) is 0.500. The maximum Gasteiger partial charge on any atom is 0.422 e. The molecule has 4 rings (SSSR count). The summed E-state index contributed by atoms with van der Waals surface area (Å²) in [6.45, 7) is 2.01. The van der Waals surface area contributed by atoms with Gasteiger partial charge in [-0.3, -0.25) is 4.90 Å². The normalized spacial score (nSPS) is 25.5. The third-order valence-corrected chi connectivity index (χ3v) is 5.33. The van der Waals surface area contributed by atoms with Crippen LogP contribution in [0.2, 0.25) is 0 Å². The lowest BCUT2D eigenvalue weighted by Gasteiger charge is -2.35. The number of morpholine rings is 1. The van der Waals surface area contributed by atoms with E-state index in [4.69, 9.17) is 14.2 Å². The van der Waals surface area contributed by atoms with Crippen LogP contribution < -0.4 is 0 Å². The molecule has 2 saturated heterocycles. The number of carbonyl (C=O) groups is 2. The first-order chi connectivity index (χ1) is 11.2. The Hall–Kier alpha value is -1.70. The van der Waals surface area contributed by atoms with Crippen LogP contribution in [0.1, 0.15) is 23.3 Å². The highest BCUT2D eigenvalue weighted by atomic mass is 32.1. The van der Waals surface area contributed by atoms with Crippen LogP contribution in [0, 0.1) is 0 Å². The number of carbonyl (C=O) groups excluding carboxylic acids is 2. The van der Waals surface area contributed by atoms with E-state index in [2.05, 4.69) is 22.4 Å². The second-order valence-corrected chi connectivity index (χ2v) is 6.89. The quantitative estimate of drug-likeness (QED) is 0.604. The van der Waals surface area contributed by atoms with E-state index in [9.17, 15) is 9.59 Å². The highest BCUT2D eigenvalue weighted by molar-refractivity contribution is 7.10. The molecule has 0 aromatic carbocycles. The number of hydrogen-bond acceptors (Lipinski definition) is 7. The zero-order valence-electron chi connectivity index (χ0n) is 12.6. The average Bonchev–Trinajstić information content (AvgIpc) is 3.11. The number of thiophene rings is 1. The lowest BCUT2D eigenvalue weighted by atomic mass is 9.93. The van der Waals surface area contributed by atoms with E-state index >= 15 is 0 Å². The molecule has 0 atom stereocenters. The Labute approximate surface area is 137 Å². The summed E-state index contributed by atoms with van der Waals surface area (Å²) in [5.74, 6) is -3.52. The van der Waals surface area contributed by atoms with Crippen molar-refractivity contribution in [3.8, 4) is 0 Å². The first kappa shape index (κ1) is 14.9. The minimum absolute atomic E-state index is 0.241. The first-order valence-electron chi connectivity index (χ1n) is 7.74. The predicted molar refractivity (Wildman–Crippen MR) is 82.5 cm³/mol. The molecular formula is C16H17NO5S. The zero-order chi connectivity index (χ0) is 15.9. The number of hydrogen-bond donors (Lipinski definition) is 0. The zero-order valence-corrected chi connectivity index (χ0v) is 13.4. The van der Waals surface area contributed by atoms with Crippen LogP contribution in [-0.2, 0) is 30.2 Å². The fourth-order valence-electron chi connectivity index (χ4n) is 3.24. The molecule has 0 radical (unpaired) electrons. The number of esters is 2. The van der Waals surface area contributed by atoms with Gasteiger partial charge in [0.2, 0.25) is 0 Å². The van der Waals surface area contributed by atoms with Crippen LogP contribution in [0.3, 0.4) is 0 Å². The van der Waals surface area contributed by atoms with E-state index in [1.807, 2.05) is 11.3 Å². The van der Waals surface area contributed by atoms with Crippen molar-refractivity contribution in [2.24, 2.45) is 0 Å². The molecule has 23 heavy (non-hydrogen) atoms. The van der Waals surface area contributed by atoms with E-state index in [0.717, 1.165) is 12.8 Å². The smallest absolute Gasteiger partial charge is 0.388 e. The monoisotopic (exact) mass is 335 g/mol. The predicted octanol–water partition coefficient (Wildman–Crippen LogP) is 1.55. The summed E-state index contributed by atoms with van der Waals surface area (Å²) < 4.78 is 15.3. The molecule has 1 aromatic rings. The second-order valence-electron chi connectivity index (χ2n) is 5.89. The van der Waals surface area contributed by atoms with Gasteiger partial charge >= 0.3 is 17.9 Å². The van der Waals surface area contributed by atoms with Gasteiger partial charge in [0.25, 0.3) is 0 Å². The Kier molecular flexibility index (Phi) is 3.71. The Morgan fingerprint density at radius 1 is 1.26 bits per heavy atom. The molecule has 3 aliphatic rings. The third-order valence-electron chi connectivity index (χ3n) is 4.35. The summed E-state index contributed by atoms with van der Waals surface area (Å²) in [6.07, 6.45) is 5.66. The van der Waals surface area contributed by atoms with Crippen LogP contribution in [0.15, 0.2) is 17.5 Å². The summed E-state index contributed by atoms with van der Waals surface area (Å²) in [5, 5.41) is 2.14. The van der Waals surface area contributed by atoms with Crippen molar-refractivity contribution in [2.75, 3.05) is 26.2 Å². The number of allylic oxidation sites excluding steroid dienone is 1. The highest BCUT2D eigenvalue weighted by Gasteiger charge is 2.52. The molecule has 3 heterocycles. The maximum absolute atomic E-state index is 11.3. The molecular weight excluding hydrogens is 318 g/mol. The van der Waals surface area contributed by atoms with Gasteiger partial charge in [-0.25, -0.2) is 9.59 Å². The van der Waals surface area contributed by atoms with E-state index in [1.165, 1.54) is 22.4 Å². The number of nitrogens with zero attached hydrogens (tertiary/aromatic N) is 1. The molecule has 122 valence electrons. The van der Waals surface area contributed by atoms with Gasteiger partial charge in [0, 0.05) is 18.0 Å². The summed E-state index contributed by atoms with van der Waals surface area (Å²) in [6, 6.07) is 2.19. The number of aryl methyl sites for hydroxylation is 1. The molecule has 6 nitrogen and oxygen atoms in total. The van der Waals surface area contributed by atoms with E-state index in [1.54, 1.807) is 0 Å². The minimum atomic E-state index is -1.55. The Bertz CT molecular complexity index is 664. The van der Waals surface area contributed by atoms with Gasteiger partial charge in [-0.2, -0.15) is 0 Å². The fourth-order valence-corrected chi connectivity index (χ4v) is 4.20. The van der Waals surface area contributed by atoms with Crippen molar-refractivity contribution in [2.45, 2.75) is 25.2 Å². The summed E-state index contributed by atoms with van der Waals surface area (Å²) in [4.78, 5) is 26.1. The van der Waals surface area contributed by atoms with Gasteiger partial charge in [-0.05, 0) is 41.8 Å². The molecule has 1 aliphatic carbocycles. The van der Waals surface area contributed by atoms with Crippen molar-refractivity contribution in [3.63, 3.8) is 0 Å². The lowest BCUT2D eigenvalue weighted by molar-refractivity contribution is -0.338. The SMILES string of the molecule is O=C1OC2(CN(C/C=C3\CCCc4sccc43)CCO2)OC1=O. The molecule has 0 unspecified atom stereocenters. The molecule has 0 amide bonds. The Balaban J connectivity index is 1.45. The molecule has 0 bridgehead atoms. The van der Waals surface area contributed by atoms with Gasteiger partial charge in [-0.15, -0.1) is 11.3 Å². The van der Waals surface area contributed by atoms with Crippen LogP contribution >= 0.6 is 11.3 Å². The van der Waals surface area contributed by atoms with E-state index < -0.39 is 17.9 Å². The number of ether oxygens (including phenoxy) is 3. The van der Waals surface area contributed by atoms with E-state index in [-0.39, 0.29) is 6.54 Å². The molecule has 0 saturated carbocycles. The van der Waals surface area contributed by atoms with Gasteiger partial charge in [0.1, 0.15) is 6.54 Å². The minimum Gasteiger partial charge on any atom is -0.388 e. The van der Waals surface area contributed by atoms with Gasteiger partial charge < -0.3 is 14.2 Å². The van der Waals surface area contributed by atoms with Crippen molar-refractivity contribution < 1.29 is 23.8 Å². The van der Waals surface area contributed by atoms with Crippen molar-refractivity contribution in [1.29, 1.82) is 0 Å². The van der Waals surface area contributed by atoms with Crippen LogP contribution in [0.4, 0.5) is 0 Å². The Morgan fingerprint density at radius 3 is 2.91 bits per heavy atom. The van der Waals surface area contributed by atoms with Crippen LogP contribution in [0.5, 0.6) is 0 Å². The summed E-state index contributed by atoms with van der Waals surface area (Å²) in [7, 11) is 0. The van der Waals surface area contributed by atoms with Gasteiger partial charge in [0.05, 0.1) is 6.61 Å². The third kappa shape index (κ3) is 2.80. The molecule has 2 aliphatic heterocycles. The number of fused-ring (bicyclic) bond motifs is 1. The van der Waals surface area contributed by atoms with Gasteiger partial charge in [0.15, 0.2) is 0 Å². The topological polar surface area (TPSA) is 65.1 Å². The van der Waals surface area contributed by atoms with Crippen LogP contribution in [-0.4, -0.2) is 49.1 Å². The van der Waals surface area contributed by atoms with Crippen molar-refractivity contribution >= 4 is 28.8 Å². The standard InChI is InChI=1S/C16H17NO5S/c18-14-15(19)22-16(21-14)10-17(7-8-20-16)6-4-11-2-1-3-13-12(11)5-9-23-13/h4-5,9H,1-3,6-8,10H2/b11-4+. The summed E-state index contributed by atoms with van der Waals surface area (Å²) >= 11 is 1.82. The van der Waals surface area contributed by atoms with E-state index in [0.29, 0.717) is 19.7 Å². The van der Waals surface area contributed by atoms with Crippen molar-refractivity contribution in [1.82, 2.24) is 4.90 Å². The summed E-state index contributed by atoms with van der Waals surface area (Å²) in [5.41, 5.74) is 2.73. The van der Waals surface area contributed by atoms with Crippen LogP contribution in [0.25, 0.3) is 5.57 Å². The van der Waals surface area contributed by atoms with Gasteiger partial charge in [-0.1, -0.05) is 6.08 Å².